The van der Waals surface area contributed by atoms with Gasteiger partial charge in [0, 0.05) is 18.0 Å². The molecule has 1 unspecified atom stereocenters. The van der Waals surface area contributed by atoms with Crippen LogP contribution in [-0.2, 0) is 6.42 Å². The first kappa shape index (κ1) is 13.7. The Balaban J connectivity index is 2.36. The number of hydrogen-bond donors (Lipinski definition) is 1. The summed E-state index contributed by atoms with van der Waals surface area (Å²) in [5.74, 6) is 1.05. The van der Waals surface area contributed by atoms with Gasteiger partial charge in [-0.05, 0) is 23.5 Å². The lowest BCUT2D eigenvalue weighted by molar-refractivity contribution is 0.253. The maximum Gasteiger partial charge on any atom is 0.244 e. The number of nitrogens with two attached hydrogens (primary N) is 1. The number of hydrogen-bond acceptors (Lipinski definition) is 5. The second-order valence-electron chi connectivity index (χ2n) is 5.69. The van der Waals surface area contributed by atoms with Gasteiger partial charge in [-0.25, -0.2) is 0 Å². The number of aromatic nitrogens is 3. The Hall–Kier alpha value is -1.75. The van der Waals surface area contributed by atoms with E-state index in [4.69, 9.17) is 10.3 Å². The van der Waals surface area contributed by atoms with Gasteiger partial charge in [-0.3, -0.25) is 4.98 Å². The molecule has 0 aliphatic carbocycles. The highest BCUT2D eigenvalue weighted by molar-refractivity contribution is 5.58. The van der Waals surface area contributed by atoms with E-state index in [0.717, 1.165) is 17.5 Å². The Morgan fingerprint density at radius 2 is 2.11 bits per heavy atom. The molecule has 102 valence electrons. The topological polar surface area (TPSA) is 77.8 Å². The molecule has 2 heterocycles. The van der Waals surface area contributed by atoms with Gasteiger partial charge in [0.2, 0.25) is 11.7 Å². The largest absolute Gasteiger partial charge is 0.337 e. The minimum Gasteiger partial charge on any atom is -0.337 e. The van der Waals surface area contributed by atoms with Crippen LogP contribution in [0.3, 0.4) is 0 Å². The van der Waals surface area contributed by atoms with Crippen LogP contribution in [-0.4, -0.2) is 15.1 Å². The van der Waals surface area contributed by atoms with Crippen molar-refractivity contribution in [1.29, 1.82) is 0 Å². The monoisotopic (exact) mass is 260 g/mol. The molecule has 0 aliphatic heterocycles. The van der Waals surface area contributed by atoms with E-state index in [9.17, 15) is 0 Å². The van der Waals surface area contributed by atoms with Crippen molar-refractivity contribution in [3.05, 3.63) is 29.9 Å². The van der Waals surface area contributed by atoms with Crippen molar-refractivity contribution in [2.45, 2.75) is 40.2 Å². The smallest absolute Gasteiger partial charge is 0.244 e. The highest BCUT2D eigenvalue weighted by atomic mass is 16.5. The summed E-state index contributed by atoms with van der Waals surface area (Å²) in [6.45, 7) is 8.21. The standard InChI is InChI=1S/C14H20N4O/c1-5-9-8-16-7-6-10(9)12-17-13(19-18-12)11(15)14(2,3)4/h6-8,11H,5,15H2,1-4H3. The van der Waals surface area contributed by atoms with E-state index < -0.39 is 0 Å². The predicted molar refractivity (Wildman–Crippen MR) is 73.3 cm³/mol. The molecule has 2 aromatic heterocycles. The fourth-order valence-corrected chi connectivity index (χ4v) is 1.77. The Morgan fingerprint density at radius 1 is 1.37 bits per heavy atom. The lowest BCUT2D eigenvalue weighted by atomic mass is 9.87. The summed E-state index contributed by atoms with van der Waals surface area (Å²) in [6.07, 6.45) is 4.43. The van der Waals surface area contributed by atoms with E-state index in [1.165, 1.54) is 0 Å². The van der Waals surface area contributed by atoms with Gasteiger partial charge in [0.1, 0.15) is 0 Å². The fraction of sp³-hybridized carbons (Fsp3) is 0.500. The maximum absolute atomic E-state index is 6.13. The molecule has 0 fully saturated rings. The average Bonchev–Trinajstić information content (AvgIpc) is 2.86. The molecule has 0 bridgehead atoms. The predicted octanol–water partition coefficient (Wildman–Crippen LogP) is 2.74. The van der Waals surface area contributed by atoms with Gasteiger partial charge in [-0.1, -0.05) is 32.9 Å². The Morgan fingerprint density at radius 3 is 2.74 bits per heavy atom. The summed E-state index contributed by atoms with van der Waals surface area (Å²) in [6, 6.07) is 1.62. The first-order chi connectivity index (χ1) is 8.93. The first-order valence-electron chi connectivity index (χ1n) is 6.46. The van der Waals surface area contributed by atoms with E-state index >= 15 is 0 Å². The quantitative estimate of drug-likeness (QED) is 0.918. The molecular formula is C14H20N4O. The third-order valence-corrected chi connectivity index (χ3v) is 3.17. The molecule has 0 saturated carbocycles. The highest BCUT2D eigenvalue weighted by Gasteiger charge is 2.28. The van der Waals surface area contributed by atoms with Crippen molar-refractivity contribution in [3.63, 3.8) is 0 Å². The number of rotatable bonds is 3. The summed E-state index contributed by atoms with van der Waals surface area (Å²) >= 11 is 0. The minimum absolute atomic E-state index is 0.115. The summed E-state index contributed by atoms with van der Waals surface area (Å²) in [5.41, 5.74) is 8.06. The number of aryl methyl sites for hydroxylation is 1. The SMILES string of the molecule is CCc1cnccc1-c1noc(C(N)C(C)(C)C)n1. The van der Waals surface area contributed by atoms with E-state index in [0.29, 0.717) is 11.7 Å². The van der Waals surface area contributed by atoms with Crippen LogP contribution in [0.15, 0.2) is 23.0 Å². The second kappa shape index (κ2) is 5.09. The molecule has 0 saturated heterocycles. The molecular weight excluding hydrogens is 240 g/mol. The zero-order valence-corrected chi connectivity index (χ0v) is 11.8. The van der Waals surface area contributed by atoms with E-state index in [-0.39, 0.29) is 11.5 Å². The van der Waals surface area contributed by atoms with Gasteiger partial charge >= 0.3 is 0 Å². The molecule has 0 aromatic carbocycles. The Kier molecular flexibility index (Phi) is 3.66. The van der Waals surface area contributed by atoms with E-state index in [1.54, 1.807) is 6.20 Å². The zero-order valence-electron chi connectivity index (χ0n) is 11.8. The molecule has 2 rings (SSSR count). The van der Waals surface area contributed by atoms with Crippen LogP contribution >= 0.6 is 0 Å². The van der Waals surface area contributed by atoms with Crippen molar-refractivity contribution in [2.24, 2.45) is 11.1 Å². The lowest BCUT2D eigenvalue weighted by Crippen LogP contribution is -2.26. The molecule has 5 nitrogen and oxygen atoms in total. The van der Waals surface area contributed by atoms with Gasteiger partial charge in [0.25, 0.3) is 0 Å². The fourth-order valence-electron chi connectivity index (χ4n) is 1.77. The molecule has 19 heavy (non-hydrogen) atoms. The van der Waals surface area contributed by atoms with Crippen LogP contribution in [0.1, 0.15) is 45.2 Å². The van der Waals surface area contributed by atoms with Crippen molar-refractivity contribution < 1.29 is 4.52 Å². The van der Waals surface area contributed by atoms with Crippen molar-refractivity contribution in [1.82, 2.24) is 15.1 Å². The van der Waals surface area contributed by atoms with Crippen molar-refractivity contribution in [3.8, 4) is 11.4 Å². The molecule has 2 N–H and O–H groups in total. The summed E-state index contributed by atoms with van der Waals surface area (Å²) < 4.78 is 5.30. The van der Waals surface area contributed by atoms with E-state index in [1.807, 2.05) is 33.0 Å². The highest BCUT2D eigenvalue weighted by Crippen LogP contribution is 2.30. The summed E-state index contributed by atoms with van der Waals surface area (Å²) in [7, 11) is 0. The Bertz CT molecular complexity index is 557. The number of nitrogens with zero attached hydrogens (tertiary/aromatic N) is 3. The minimum atomic E-state index is -0.277. The van der Waals surface area contributed by atoms with Gasteiger partial charge in [-0.2, -0.15) is 4.98 Å². The van der Waals surface area contributed by atoms with Gasteiger partial charge in [0.15, 0.2) is 0 Å². The third-order valence-electron chi connectivity index (χ3n) is 3.17. The zero-order chi connectivity index (χ0) is 14.0. The normalized spacial score (nSPS) is 13.5. The third kappa shape index (κ3) is 2.81. The molecule has 0 amide bonds. The molecule has 2 aromatic rings. The molecule has 0 aliphatic rings. The van der Waals surface area contributed by atoms with Crippen LogP contribution in [0, 0.1) is 5.41 Å². The van der Waals surface area contributed by atoms with E-state index in [2.05, 4.69) is 22.0 Å². The van der Waals surface area contributed by atoms with Gasteiger partial charge in [0.05, 0.1) is 6.04 Å². The molecule has 0 spiro atoms. The van der Waals surface area contributed by atoms with Gasteiger partial charge in [-0.15, -0.1) is 0 Å². The van der Waals surface area contributed by atoms with Crippen LogP contribution in [0.2, 0.25) is 0 Å². The van der Waals surface area contributed by atoms with Gasteiger partial charge < -0.3 is 10.3 Å². The molecule has 0 radical (unpaired) electrons. The van der Waals surface area contributed by atoms with Crippen molar-refractivity contribution >= 4 is 0 Å². The number of pyridine rings is 1. The summed E-state index contributed by atoms with van der Waals surface area (Å²) in [5, 5.41) is 4.04. The van der Waals surface area contributed by atoms with Crippen LogP contribution in [0.5, 0.6) is 0 Å². The second-order valence-corrected chi connectivity index (χ2v) is 5.69. The first-order valence-corrected chi connectivity index (χ1v) is 6.46. The van der Waals surface area contributed by atoms with Crippen molar-refractivity contribution in [2.75, 3.05) is 0 Å². The van der Waals surface area contributed by atoms with Crippen LogP contribution < -0.4 is 5.73 Å². The van der Waals surface area contributed by atoms with Crippen LogP contribution in [0.4, 0.5) is 0 Å². The summed E-state index contributed by atoms with van der Waals surface area (Å²) in [4.78, 5) is 8.54. The van der Waals surface area contributed by atoms with Crippen LogP contribution in [0.25, 0.3) is 11.4 Å². The lowest BCUT2D eigenvalue weighted by Gasteiger charge is -2.23. The average molecular weight is 260 g/mol. The maximum atomic E-state index is 6.13. The molecule has 1 atom stereocenters. The molecule has 5 heteroatoms. The Labute approximate surface area is 113 Å².